The average molecular weight is 421 g/mol. The Bertz CT molecular complexity index is 854. The van der Waals surface area contributed by atoms with Crippen LogP contribution in [0.1, 0.15) is 38.2 Å². The summed E-state index contributed by atoms with van der Waals surface area (Å²) in [5.41, 5.74) is 1.74. The summed E-state index contributed by atoms with van der Waals surface area (Å²) in [6.45, 7) is 2.53. The van der Waals surface area contributed by atoms with Crippen LogP contribution in [-0.2, 0) is 4.79 Å². The molecule has 0 unspecified atom stereocenters. The molecule has 1 aromatic carbocycles. The predicted molar refractivity (Wildman–Crippen MR) is 102 cm³/mol. The van der Waals surface area contributed by atoms with Gasteiger partial charge in [-0.2, -0.15) is 13.2 Å². The molecule has 0 aromatic heterocycles. The van der Waals surface area contributed by atoms with Crippen LogP contribution in [0.2, 0.25) is 0 Å². The minimum absolute atomic E-state index is 0.0702. The molecule has 0 N–H and O–H groups in total. The molecule has 162 valence electrons. The third kappa shape index (κ3) is 3.79. The Labute approximate surface area is 173 Å². The Balaban J connectivity index is 1.48. The van der Waals surface area contributed by atoms with E-state index in [1.54, 1.807) is 0 Å². The largest absolute Gasteiger partial charge is 0.530 e. The van der Waals surface area contributed by atoms with Crippen molar-refractivity contribution in [2.24, 2.45) is 11.3 Å². The zero-order valence-corrected chi connectivity index (χ0v) is 16.7. The predicted octanol–water partition coefficient (Wildman–Crippen LogP) is 3.07. The number of carbonyl (C=O) groups is 2. The normalized spacial score (nSPS) is 25.5. The average Bonchev–Trinajstić information content (AvgIpc) is 3.39. The molecule has 4 rings (SSSR count). The van der Waals surface area contributed by atoms with Crippen LogP contribution in [0.4, 0.5) is 18.0 Å². The number of hydrogen-bond acceptors (Lipinski definition) is 3. The van der Waals surface area contributed by atoms with Crippen molar-refractivity contribution in [1.29, 1.82) is 0 Å². The van der Waals surface area contributed by atoms with Crippen LogP contribution in [0.3, 0.4) is 0 Å². The van der Waals surface area contributed by atoms with Crippen molar-refractivity contribution in [1.82, 2.24) is 9.80 Å². The van der Waals surface area contributed by atoms with Gasteiger partial charge in [0.2, 0.25) is 0 Å². The summed E-state index contributed by atoms with van der Waals surface area (Å²) in [5.74, 6) is -1.85. The van der Waals surface area contributed by atoms with Gasteiger partial charge >= 0.3 is 12.1 Å². The Morgan fingerprint density at radius 2 is 1.87 bits per heavy atom. The standard InChI is InChI=1S/C22H25F3N2O3/c1-2-15(8-14-6-4-3-5-7-14)17-9-18(17)27(19(28)22(23,24)25)16-10-21(11-16)12-26(13-21)20(29)30/h3-8,16-18H,2,9-13H2,1H3,(H,29,30)/p-1/b15-8+/t17-,18+/m0/s1. The molecule has 1 aliphatic heterocycles. The molecule has 1 aromatic rings. The first-order valence-corrected chi connectivity index (χ1v) is 10.2. The molecule has 1 spiro atoms. The zero-order valence-electron chi connectivity index (χ0n) is 16.7. The van der Waals surface area contributed by atoms with Crippen LogP contribution in [0.5, 0.6) is 0 Å². The Kier molecular flexibility index (Phi) is 5.06. The highest BCUT2D eigenvalue weighted by atomic mass is 19.4. The fourth-order valence-electron chi connectivity index (χ4n) is 5.14. The Hall–Kier alpha value is -2.51. The molecule has 1 saturated heterocycles. The second-order valence-electron chi connectivity index (χ2n) is 8.79. The minimum Gasteiger partial charge on any atom is -0.530 e. The third-order valence-electron chi connectivity index (χ3n) is 6.67. The monoisotopic (exact) mass is 421 g/mol. The summed E-state index contributed by atoms with van der Waals surface area (Å²) in [6, 6.07) is 8.67. The summed E-state index contributed by atoms with van der Waals surface area (Å²) in [4.78, 5) is 25.3. The van der Waals surface area contributed by atoms with Gasteiger partial charge in [-0.3, -0.25) is 4.79 Å². The molecule has 0 radical (unpaired) electrons. The summed E-state index contributed by atoms with van der Waals surface area (Å²) in [5, 5.41) is 10.9. The van der Waals surface area contributed by atoms with Gasteiger partial charge in [0, 0.05) is 36.5 Å². The van der Waals surface area contributed by atoms with Crippen LogP contribution < -0.4 is 5.11 Å². The lowest BCUT2D eigenvalue weighted by Crippen LogP contribution is -2.70. The fourth-order valence-corrected chi connectivity index (χ4v) is 5.14. The van der Waals surface area contributed by atoms with Gasteiger partial charge in [0.05, 0.1) is 0 Å². The number of benzene rings is 1. The molecule has 2 saturated carbocycles. The van der Waals surface area contributed by atoms with Crippen LogP contribution in [0.15, 0.2) is 35.9 Å². The number of amides is 2. The van der Waals surface area contributed by atoms with Crippen molar-refractivity contribution in [3.8, 4) is 0 Å². The van der Waals surface area contributed by atoms with E-state index < -0.39 is 30.3 Å². The van der Waals surface area contributed by atoms with E-state index in [0.29, 0.717) is 25.7 Å². The van der Waals surface area contributed by atoms with Crippen molar-refractivity contribution in [2.45, 2.75) is 50.9 Å². The summed E-state index contributed by atoms with van der Waals surface area (Å²) in [6.07, 6.45) is -2.11. The molecule has 5 nitrogen and oxygen atoms in total. The van der Waals surface area contributed by atoms with Crippen molar-refractivity contribution >= 4 is 18.1 Å². The van der Waals surface area contributed by atoms with Gasteiger partial charge in [-0.25, -0.2) is 0 Å². The molecule has 3 fully saturated rings. The lowest BCUT2D eigenvalue weighted by Gasteiger charge is -2.61. The van der Waals surface area contributed by atoms with E-state index in [-0.39, 0.29) is 24.4 Å². The van der Waals surface area contributed by atoms with E-state index in [9.17, 15) is 27.9 Å². The van der Waals surface area contributed by atoms with E-state index in [1.165, 1.54) is 0 Å². The number of alkyl halides is 3. The Morgan fingerprint density at radius 1 is 1.23 bits per heavy atom. The first kappa shape index (κ1) is 20.8. The van der Waals surface area contributed by atoms with E-state index in [4.69, 9.17) is 0 Å². The van der Waals surface area contributed by atoms with Crippen LogP contribution in [-0.4, -0.2) is 53.1 Å². The lowest BCUT2D eigenvalue weighted by molar-refractivity contribution is -0.280. The minimum atomic E-state index is -4.91. The number of rotatable bonds is 5. The number of carbonyl (C=O) groups excluding carboxylic acids is 2. The van der Waals surface area contributed by atoms with Gasteiger partial charge in [-0.05, 0) is 31.2 Å². The zero-order chi connectivity index (χ0) is 21.7. The fraction of sp³-hybridized carbons (Fsp3) is 0.545. The first-order valence-electron chi connectivity index (χ1n) is 10.2. The first-order chi connectivity index (χ1) is 14.1. The summed E-state index contributed by atoms with van der Waals surface area (Å²) >= 11 is 0. The van der Waals surface area contributed by atoms with Crippen LogP contribution >= 0.6 is 0 Å². The smallest absolute Gasteiger partial charge is 0.471 e. The highest BCUT2D eigenvalue weighted by Gasteiger charge is 2.61. The van der Waals surface area contributed by atoms with Crippen LogP contribution in [0, 0.1) is 11.3 Å². The number of nitrogens with zero attached hydrogens (tertiary/aromatic N) is 2. The number of carboxylic acid groups (broad SMARTS) is 1. The molecule has 1 heterocycles. The molecule has 2 atom stereocenters. The van der Waals surface area contributed by atoms with Crippen molar-refractivity contribution in [3.05, 3.63) is 41.5 Å². The molecule has 8 heteroatoms. The SMILES string of the molecule is CC/C(=C\c1ccccc1)[C@@H]1C[C@H]1N(C(=O)C(F)(F)F)C1CC2(C1)CN(C(=O)[O-])C2. The summed E-state index contributed by atoms with van der Waals surface area (Å²) < 4.78 is 40.0. The van der Waals surface area contributed by atoms with E-state index in [1.807, 2.05) is 43.3 Å². The quantitative estimate of drug-likeness (QED) is 0.734. The second-order valence-corrected chi connectivity index (χ2v) is 8.79. The number of halogens is 3. The molecule has 2 amide bonds. The molecule has 0 bridgehead atoms. The van der Waals surface area contributed by atoms with Gasteiger partial charge in [0.1, 0.15) is 6.09 Å². The van der Waals surface area contributed by atoms with Crippen molar-refractivity contribution < 1.29 is 27.9 Å². The number of hydrogen-bond donors (Lipinski definition) is 0. The molecular weight excluding hydrogens is 397 g/mol. The number of likely N-dealkylation sites (tertiary alicyclic amines) is 1. The van der Waals surface area contributed by atoms with E-state index >= 15 is 0 Å². The van der Waals surface area contributed by atoms with Gasteiger partial charge in [-0.1, -0.05) is 48.9 Å². The molecule has 2 aliphatic carbocycles. The topological polar surface area (TPSA) is 63.7 Å². The highest BCUT2D eigenvalue weighted by Crippen LogP contribution is 2.54. The van der Waals surface area contributed by atoms with Gasteiger partial charge in [0.25, 0.3) is 0 Å². The maximum atomic E-state index is 13.3. The highest BCUT2D eigenvalue weighted by molar-refractivity contribution is 5.83. The lowest BCUT2D eigenvalue weighted by atomic mass is 9.60. The van der Waals surface area contributed by atoms with Crippen molar-refractivity contribution in [3.63, 3.8) is 0 Å². The maximum Gasteiger partial charge on any atom is 0.471 e. The molecule has 3 aliphatic rings. The molecule has 30 heavy (non-hydrogen) atoms. The van der Waals surface area contributed by atoms with Gasteiger partial charge in [0.15, 0.2) is 0 Å². The third-order valence-corrected chi connectivity index (χ3v) is 6.67. The van der Waals surface area contributed by atoms with E-state index in [0.717, 1.165) is 20.9 Å². The molecular formula is C22H24F3N2O3-. The van der Waals surface area contributed by atoms with Crippen LogP contribution in [0.25, 0.3) is 6.08 Å². The van der Waals surface area contributed by atoms with E-state index in [2.05, 4.69) is 0 Å². The van der Waals surface area contributed by atoms with Gasteiger partial charge in [-0.15, -0.1) is 0 Å². The van der Waals surface area contributed by atoms with Gasteiger partial charge < -0.3 is 19.7 Å². The Morgan fingerprint density at radius 3 is 2.40 bits per heavy atom. The summed E-state index contributed by atoms with van der Waals surface area (Å²) in [7, 11) is 0. The maximum absolute atomic E-state index is 13.3. The van der Waals surface area contributed by atoms with Crippen molar-refractivity contribution in [2.75, 3.05) is 13.1 Å². The second kappa shape index (κ2) is 7.32.